The van der Waals surface area contributed by atoms with Gasteiger partial charge < -0.3 is 10.2 Å². The van der Waals surface area contributed by atoms with Crippen molar-refractivity contribution < 1.29 is 9.69 Å². The molecule has 0 radical (unpaired) electrons. The van der Waals surface area contributed by atoms with Crippen LogP contribution in [0, 0.1) is 13.8 Å². The van der Waals surface area contributed by atoms with E-state index in [1.165, 1.54) is 10.5 Å². The van der Waals surface area contributed by atoms with Crippen molar-refractivity contribution in [3.63, 3.8) is 0 Å². The number of amides is 1. The molecular weight excluding hydrogens is 200 g/mol. The van der Waals surface area contributed by atoms with Crippen LogP contribution in [0.1, 0.15) is 21.5 Å². The molecule has 1 rings (SSSR count). The maximum atomic E-state index is 11.8. The number of carbonyl (C=O) groups excluding carboxylic acids is 1. The molecule has 1 aromatic rings. The number of hydrogen-bond acceptors (Lipinski definition) is 1. The second-order valence-corrected chi connectivity index (χ2v) is 4.53. The lowest BCUT2D eigenvalue weighted by molar-refractivity contribution is -0.856. The van der Waals surface area contributed by atoms with Gasteiger partial charge in [0.1, 0.15) is 0 Å². The Labute approximate surface area is 97.5 Å². The number of aryl methyl sites for hydroxylation is 2. The van der Waals surface area contributed by atoms with E-state index in [4.69, 9.17) is 0 Å². The molecule has 0 spiro atoms. The van der Waals surface area contributed by atoms with Gasteiger partial charge in [-0.2, -0.15) is 0 Å². The van der Waals surface area contributed by atoms with Crippen molar-refractivity contribution in [2.45, 2.75) is 13.8 Å². The first-order valence-corrected chi connectivity index (χ1v) is 5.65. The molecule has 88 valence electrons. The molecule has 3 nitrogen and oxygen atoms in total. The quantitative estimate of drug-likeness (QED) is 0.747. The molecule has 0 aliphatic rings. The van der Waals surface area contributed by atoms with E-state index in [-0.39, 0.29) is 5.91 Å². The van der Waals surface area contributed by atoms with E-state index in [0.29, 0.717) is 6.54 Å². The molecule has 0 bridgehead atoms. The van der Waals surface area contributed by atoms with Crippen molar-refractivity contribution >= 4 is 5.91 Å². The minimum atomic E-state index is 0.0266. The molecule has 0 fully saturated rings. The topological polar surface area (TPSA) is 33.5 Å². The normalized spacial score (nSPS) is 10.6. The van der Waals surface area contributed by atoms with Crippen LogP contribution < -0.4 is 10.2 Å². The number of nitrogens with one attached hydrogen (secondary N) is 2. The molecule has 0 aliphatic heterocycles. The van der Waals surface area contributed by atoms with Crippen LogP contribution in [0.5, 0.6) is 0 Å². The second kappa shape index (κ2) is 5.66. The largest absolute Gasteiger partial charge is 0.346 e. The highest BCUT2D eigenvalue weighted by Crippen LogP contribution is 2.09. The van der Waals surface area contributed by atoms with E-state index in [2.05, 4.69) is 19.4 Å². The van der Waals surface area contributed by atoms with Crippen LogP contribution in [0.15, 0.2) is 18.2 Å². The molecule has 0 heterocycles. The Hall–Kier alpha value is -1.35. The molecule has 0 saturated carbocycles. The van der Waals surface area contributed by atoms with Crippen LogP contribution in [0.2, 0.25) is 0 Å². The predicted octanol–water partition coefficient (Wildman–Crippen LogP) is 0.178. The summed E-state index contributed by atoms with van der Waals surface area (Å²) in [4.78, 5) is 13.2. The highest BCUT2D eigenvalue weighted by atomic mass is 16.1. The van der Waals surface area contributed by atoms with Crippen molar-refractivity contribution in [3.8, 4) is 0 Å². The fraction of sp³-hybridized carbons (Fsp3) is 0.462. The summed E-state index contributed by atoms with van der Waals surface area (Å²) in [5.41, 5.74) is 3.00. The van der Waals surface area contributed by atoms with Gasteiger partial charge in [-0.25, -0.2) is 0 Å². The van der Waals surface area contributed by atoms with Crippen molar-refractivity contribution in [1.29, 1.82) is 0 Å². The third kappa shape index (κ3) is 3.66. The highest BCUT2D eigenvalue weighted by Gasteiger charge is 2.08. The zero-order valence-electron chi connectivity index (χ0n) is 10.6. The van der Waals surface area contributed by atoms with Crippen LogP contribution in [-0.2, 0) is 0 Å². The Morgan fingerprint density at radius 1 is 1.31 bits per heavy atom. The lowest BCUT2D eigenvalue weighted by Crippen LogP contribution is -3.06. The fourth-order valence-corrected chi connectivity index (χ4v) is 1.59. The first-order chi connectivity index (χ1) is 7.50. The molecule has 0 saturated heterocycles. The summed E-state index contributed by atoms with van der Waals surface area (Å²) >= 11 is 0. The predicted molar refractivity (Wildman–Crippen MR) is 65.9 cm³/mol. The Morgan fingerprint density at radius 3 is 2.56 bits per heavy atom. The number of hydrogen-bond donors (Lipinski definition) is 2. The molecule has 0 atom stereocenters. The van der Waals surface area contributed by atoms with Crippen LogP contribution in [0.4, 0.5) is 0 Å². The number of benzene rings is 1. The third-order valence-electron chi connectivity index (χ3n) is 2.54. The van der Waals surface area contributed by atoms with Gasteiger partial charge in [0.15, 0.2) is 0 Å². The van der Waals surface area contributed by atoms with Crippen molar-refractivity contribution in [2.24, 2.45) is 0 Å². The number of likely N-dealkylation sites (N-methyl/N-ethyl adjacent to an activating group) is 1. The van der Waals surface area contributed by atoms with Crippen LogP contribution in [-0.4, -0.2) is 33.1 Å². The van der Waals surface area contributed by atoms with Gasteiger partial charge in [0.2, 0.25) is 0 Å². The molecule has 3 heteroatoms. The van der Waals surface area contributed by atoms with Crippen LogP contribution in [0.25, 0.3) is 0 Å². The minimum Gasteiger partial charge on any atom is -0.346 e. The third-order valence-corrected chi connectivity index (χ3v) is 2.54. The minimum absolute atomic E-state index is 0.0266. The number of carbonyl (C=O) groups is 1. The SMILES string of the molecule is Cc1ccc(C(=O)NCC[NH+](C)C)c(C)c1. The maximum Gasteiger partial charge on any atom is 0.251 e. The van der Waals surface area contributed by atoms with Gasteiger partial charge in [0, 0.05) is 5.56 Å². The van der Waals surface area contributed by atoms with Crippen LogP contribution >= 0.6 is 0 Å². The van der Waals surface area contributed by atoms with E-state index >= 15 is 0 Å². The average Bonchev–Trinajstić information content (AvgIpc) is 2.16. The van der Waals surface area contributed by atoms with E-state index in [9.17, 15) is 4.79 Å². The monoisotopic (exact) mass is 221 g/mol. The van der Waals surface area contributed by atoms with E-state index < -0.39 is 0 Å². The highest BCUT2D eigenvalue weighted by molar-refractivity contribution is 5.95. The van der Waals surface area contributed by atoms with E-state index in [1.807, 2.05) is 32.0 Å². The van der Waals surface area contributed by atoms with Gasteiger partial charge in [-0.15, -0.1) is 0 Å². The lowest BCUT2D eigenvalue weighted by atomic mass is 10.1. The van der Waals surface area contributed by atoms with Gasteiger partial charge in [0.25, 0.3) is 5.91 Å². The smallest absolute Gasteiger partial charge is 0.251 e. The Balaban J connectivity index is 2.59. The standard InChI is InChI=1S/C13H20N2O/c1-10-5-6-12(11(2)9-10)13(16)14-7-8-15(3)4/h5-6,9H,7-8H2,1-4H3,(H,14,16)/p+1. The van der Waals surface area contributed by atoms with Gasteiger partial charge in [-0.3, -0.25) is 4.79 Å². The summed E-state index contributed by atoms with van der Waals surface area (Å²) in [6.45, 7) is 5.66. The van der Waals surface area contributed by atoms with Crippen molar-refractivity contribution in [2.75, 3.05) is 27.2 Å². The summed E-state index contributed by atoms with van der Waals surface area (Å²) < 4.78 is 0. The summed E-state index contributed by atoms with van der Waals surface area (Å²) in [5, 5.41) is 2.93. The zero-order chi connectivity index (χ0) is 12.1. The van der Waals surface area contributed by atoms with Gasteiger partial charge in [-0.1, -0.05) is 17.7 Å². The van der Waals surface area contributed by atoms with E-state index in [1.54, 1.807) is 0 Å². The molecule has 0 aliphatic carbocycles. The number of rotatable bonds is 4. The van der Waals surface area contributed by atoms with Crippen LogP contribution in [0.3, 0.4) is 0 Å². The lowest BCUT2D eigenvalue weighted by Gasteiger charge is -2.10. The van der Waals surface area contributed by atoms with Crippen molar-refractivity contribution in [3.05, 3.63) is 34.9 Å². The summed E-state index contributed by atoms with van der Waals surface area (Å²) in [6, 6.07) is 5.90. The zero-order valence-corrected chi connectivity index (χ0v) is 10.6. The van der Waals surface area contributed by atoms with Gasteiger partial charge in [0.05, 0.1) is 27.2 Å². The Morgan fingerprint density at radius 2 is 2.00 bits per heavy atom. The average molecular weight is 221 g/mol. The molecule has 0 aromatic heterocycles. The maximum absolute atomic E-state index is 11.8. The molecule has 2 N–H and O–H groups in total. The Kier molecular flexibility index (Phi) is 4.50. The molecule has 1 amide bonds. The molecule has 16 heavy (non-hydrogen) atoms. The number of quaternary nitrogens is 1. The first-order valence-electron chi connectivity index (χ1n) is 5.65. The second-order valence-electron chi connectivity index (χ2n) is 4.53. The molecular formula is C13H21N2O+. The molecule has 0 unspecified atom stereocenters. The Bertz CT molecular complexity index is 372. The summed E-state index contributed by atoms with van der Waals surface area (Å²) in [6.07, 6.45) is 0. The first kappa shape index (κ1) is 12.7. The molecule has 1 aromatic carbocycles. The summed E-state index contributed by atoms with van der Waals surface area (Å²) in [5.74, 6) is 0.0266. The van der Waals surface area contributed by atoms with Gasteiger partial charge >= 0.3 is 0 Å². The van der Waals surface area contributed by atoms with Crippen molar-refractivity contribution in [1.82, 2.24) is 5.32 Å². The van der Waals surface area contributed by atoms with Gasteiger partial charge in [-0.05, 0) is 25.5 Å². The fourth-order valence-electron chi connectivity index (χ4n) is 1.59. The van der Waals surface area contributed by atoms with E-state index in [0.717, 1.165) is 17.7 Å². The summed E-state index contributed by atoms with van der Waals surface area (Å²) in [7, 11) is 4.15.